The maximum Gasteiger partial charge on any atom is 0.336 e. The van der Waals surface area contributed by atoms with Crippen molar-refractivity contribution < 1.29 is 9.90 Å². The molecule has 0 amide bonds. The van der Waals surface area contributed by atoms with E-state index >= 15 is 0 Å². The topological polar surface area (TPSA) is 40.5 Å². The Bertz CT molecular complexity index is 617. The molecule has 0 atom stereocenters. The monoisotopic (exact) mass is 241 g/mol. The quantitative estimate of drug-likeness (QED) is 0.897. The summed E-state index contributed by atoms with van der Waals surface area (Å²) >= 11 is 0. The highest BCUT2D eigenvalue weighted by Crippen LogP contribution is 2.35. The van der Waals surface area contributed by atoms with Crippen molar-refractivity contribution in [2.75, 3.05) is 11.9 Å². The minimum absolute atomic E-state index is 0.374. The van der Waals surface area contributed by atoms with E-state index in [9.17, 15) is 9.90 Å². The Balaban J connectivity index is 2.22. The maximum absolute atomic E-state index is 11.2. The van der Waals surface area contributed by atoms with Crippen LogP contribution in [0.4, 0.5) is 5.69 Å². The van der Waals surface area contributed by atoms with Gasteiger partial charge in [0, 0.05) is 24.2 Å². The molecule has 0 spiro atoms. The molecule has 0 aliphatic heterocycles. The van der Waals surface area contributed by atoms with Gasteiger partial charge < -0.3 is 10.0 Å². The minimum atomic E-state index is -0.869. The lowest BCUT2D eigenvalue weighted by Crippen LogP contribution is -2.19. The molecule has 0 bridgehead atoms. The first-order chi connectivity index (χ1) is 8.68. The molecule has 1 saturated carbocycles. The first-order valence-corrected chi connectivity index (χ1v) is 6.16. The number of hydrogen-bond donors (Lipinski definition) is 1. The summed E-state index contributed by atoms with van der Waals surface area (Å²) in [7, 11) is 2.08. The number of benzene rings is 2. The summed E-state index contributed by atoms with van der Waals surface area (Å²) in [6.07, 6.45) is 2.46. The number of aromatic carboxylic acids is 1. The van der Waals surface area contributed by atoms with Crippen LogP contribution in [-0.2, 0) is 0 Å². The molecule has 2 aromatic carbocycles. The lowest BCUT2D eigenvalue weighted by atomic mass is 10.0. The van der Waals surface area contributed by atoms with Gasteiger partial charge in [0.15, 0.2) is 0 Å². The summed E-state index contributed by atoms with van der Waals surface area (Å²) < 4.78 is 0. The van der Waals surface area contributed by atoms with Gasteiger partial charge in [0.05, 0.1) is 5.56 Å². The van der Waals surface area contributed by atoms with Crippen LogP contribution in [0.25, 0.3) is 10.8 Å². The summed E-state index contributed by atoms with van der Waals surface area (Å²) in [5.41, 5.74) is 1.50. The van der Waals surface area contributed by atoms with E-state index in [4.69, 9.17) is 0 Å². The zero-order valence-corrected chi connectivity index (χ0v) is 10.3. The predicted octanol–water partition coefficient (Wildman–Crippen LogP) is 3.14. The van der Waals surface area contributed by atoms with Gasteiger partial charge in [-0.15, -0.1) is 0 Å². The Hall–Kier alpha value is -2.03. The van der Waals surface area contributed by atoms with Crippen molar-refractivity contribution in [1.29, 1.82) is 0 Å². The fraction of sp³-hybridized carbons (Fsp3) is 0.267. The van der Waals surface area contributed by atoms with Crippen LogP contribution < -0.4 is 4.90 Å². The van der Waals surface area contributed by atoms with E-state index in [1.807, 2.05) is 30.3 Å². The van der Waals surface area contributed by atoms with Crippen LogP contribution in [0, 0.1) is 0 Å². The lowest BCUT2D eigenvalue weighted by molar-refractivity contribution is 0.0699. The fourth-order valence-corrected chi connectivity index (χ4v) is 2.44. The highest BCUT2D eigenvalue weighted by molar-refractivity contribution is 6.07. The van der Waals surface area contributed by atoms with Gasteiger partial charge in [-0.2, -0.15) is 0 Å². The Morgan fingerprint density at radius 3 is 2.44 bits per heavy atom. The van der Waals surface area contributed by atoms with Crippen molar-refractivity contribution in [3.05, 3.63) is 42.0 Å². The van der Waals surface area contributed by atoms with Gasteiger partial charge in [-0.1, -0.05) is 24.3 Å². The highest BCUT2D eigenvalue weighted by Gasteiger charge is 2.27. The SMILES string of the molecule is CN(c1ccc(C(=O)O)c2ccccc12)C1CC1. The largest absolute Gasteiger partial charge is 0.478 e. The summed E-state index contributed by atoms with van der Waals surface area (Å²) in [4.78, 5) is 13.5. The highest BCUT2D eigenvalue weighted by atomic mass is 16.4. The van der Waals surface area contributed by atoms with E-state index in [1.165, 1.54) is 12.8 Å². The van der Waals surface area contributed by atoms with E-state index in [0.717, 1.165) is 16.5 Å². The van der Waals surface area contributed by atoms with Gasteiger partial charge in [-0.3, -0.25) is 0 Å². The molecular formula is C15H15NO2. The van der Waals surface area contributed by atoms with E-state index in [-0.39, 0.29) is 0 Å². The smallest absolute Gasteiger partial charge is 0.336 e. The number of hydrogen-bond acceptors (Lipinski definition) is 2. The molecular weight excluding hydrogens is 226 g/mol. The predicted molar refractivity (Wildman–Crippen MR) is 72.3 cm³/mol. The van der Waals surface area contributed by atoms with Gasteiger partial charge >= 0.3 is 5.97 Å². The molecule has 92 valence electrons. The summed E-state index contributed by atoms with van der Waals surface area (Å²) in [5, 5.41) is 11.1. The van der Waals surface area contributed by atoms with Gasteiger partial charge in [0.25, 0.3) is 0 Å². The molecule has 0 heterocycles. The molecule has 3 heteroatoms. The third-order valence-corrected chi connectivity index (χ3v) is 3.61. The number of anilines is 1. The Kier molecular flexibility index (Phi) is 2.47. The number of carboxylic acid groups (broad SMARTS) is 1. The normalized spacial score (nSPS) is 14.7. The van der Waals surface area contributed by atoms with Gasteiger partial charge in [-0.25, -0.2) is 4.79 Å². The lowest BCUT2D eigenvalue weighted by Gasteiger charge is -2.21. The van der Waals surface area contributed by atoms with E-state index in [1.54, 1.807) is 6.07 Å². The van der Waals surface area contributed by atoms with Crippen LogP contribution in [0.15, 0.2) is 36.4 Å². The number of fused-ring (bicyclic) bond motifs is 1. The minimum Gasteiger partial charge on any atom is -0.478 e. The van der Waals surface area contributed by atoms with Crippen LogP contribution >= 0.6 is 0 Å². The summed E-state index contributed by atoms with van der Waals surface area (Å²) in [5.74, 6) is -0.869. The zero-order chi connectivity index (χ0) is 12.7. The number of carboxylic acids is 1. The standard InChI is InChI=1S/C15H15NO2/c1-16(10-6-7-10)14-9-8-13(15(17)18)11-4-2-3-5-12(11)14/h2-5,8-10H,6-7H2,1H3,(H,17,18). The summed E-state index contributed by atoms with van der Waals surface area (Å²) in [6.45, 7) is 0. The van der Waals surface area contributed by atoms with Gasteiger partial charge in [-0.05, 0) is 30.4 Å². The molecule has 0 saturated heterocycles. The zero-order valence-electron chi connectivity index (χ0n) is 10.3. The average Bonchev–Trinajstić information content (AvgIpc) is 3.20. The number of carbonyl (C=O) groups is 1. The molecule has 1 N–H and O–H groups in total. The third-order valence-electron chi connectivity index (χ3n) is 3.61. The van der Waals surface area contributed by atoms with E-state index in [2.05, 4.69) is 11.9 Å². The van der Waals surface area contributed by atoms with Crippen LogP contribution in [-0.4, -0.2) is 24.2 Å². The van der Waals surface area contributed by atoms with Crippen molar-refractivity contribution in [3.8, 4) is 0 Å². The molecule has 1 aliphatic rings. The Labute approximate surface area is 106 Å². The Morgan fingerprint density at radius 1 is 1.17 bits per heavy atom. The molecule has 0 aromatic heterocycles. The second-order valence-corrected chi connectivity index (χ2v) is 4.83. The van der Waals surface area contributed by atoms with Crippen LogP contribution in [0.1, 0.15) is 23.2 Å². The second kappa shape index (κ2) is 4.02. The fourth-order valence-electron chi connectivity index (χ4n) is 2.44. The number of rotatable bonds is 3. The molecule has 1 fully saturated rings. The Morgan fingerprint density at radius 2 is 1.83 bits per heavy atom. The number of nitrogens with zero attached hydrogens (tertiary/aromatic N) is 1. The van der Waals surface area contributed by atoms with Crippen molar-refractivity contribution >= 4 is 22.4 Å². The first-order valence-electron chi connectivity index (χ1n) is 6.16. The average molecular weight is 241 g/mol. The maximum atomic E-state index is 11.2. The van der Waals surface area contributed by atoms with E-state index < -0.39 is 5.97 Å². The van der Waals surface area contributed by atoms with E-state index in [0.29, 0.717) is 11.6 Å². The van der Waals surface area contributed by atoms with Crippen molar-refractivity contribution in [1.82, 2.24) is 0 Å². The molecule has 0 unspecified atom stereocenters. The molecule has 3 nitrogen and oxygen atoms in total. The van der Waals surface area contributed by atoms with Crippen molar-refractivity contribution in [2.24, 2.45) is 0 Å². The van der Waals surface area contributed by atoms with Gasteiger partial charge in [0.1, 0.15) is 0 Å². The summed E-state index contributed by atoms with van der Waals surface area (Å²) in [6, 6.07) is 12.0. The van der Waals surface area contributed by atoms with Crippen LogP contribution in [0.5, 0.6) is 0 Å². The first kappa shape index (κ1) is 11.1. The van der Waals surface area contributed by atoms with Gasteiger partial charge in [0.2, 0.25) is 0 Å². The molecule has 2 aromatic rings. The second-order valence-electron chi connectivity index (χ2n) is 4.83. The van der Waals surface area contributed by atoms with Crippen molar-refractivity contribution in [2.45, 2.75) is 18.9 Å². The van der Waals surface area contributed by atoms with Crippen LogP contribution in [0.3, 0.4) is 0 Å². The van der Waals surface area contributed by atoms with Crippen LogP contribution in [0.2, 0.25) is 0 Å². The molecule has 0 radical (unpaired) electrons. The molecule has 18 heavy (non-hydrogen) atoms. The molecule has 3 rings (SSSR count). The van der Waals surface area contributed by atoms with Crippen molar-refractivity contribution in [3.63, 3.8) is 0 Å². The molecule has 1 aliphatic carbocycles. The third kappa shape index (κ3) is 1.72.